The third kappa shape index (κ3) is 3.09. The maximum atomic E-state index is 3.76. The zero-order valence-electron chi connectivity index (χ0n) is 10.3. The Morgan fingerprint density at radius 1 is 1.11 bits per heavy atom. The first-order valence-electron chi connectivity index (χ1n) is 6.68. The fraction of sp³-hybridized carbons (Fsp3) is 0.571. The molecule has 2 aliphatic rings. The summed E-state index contributed by atoms with van der Waals surface area (Å²) in [5.74, 6) is 0. The molecule has 0 bridgehead atoms. The Hall–Kier alpha value is -0.0600. The SMILES string of the molecule is Brc1ccc(N2CCCC(NC3CC3)C2)c(Br)c1. The van der Waals surface area contributed by atoms with E-state index in [-0.39, 0.29) is 0 Å². The standard InChI is InChI=1S/C14H18Br2N2/c15-10-3-6-14(13(16)8-10)18-7-1-2-12(9-18)17-11-4-5-11/h3,6,8,11-12,17H,1-2,4-5,7,9H2. The van der Waals surface area contributed by atoms with E-state index in [4.69, 9.17) is 0 Å². The molecule has 0 aromatic heterocycles. The average molecular weight is 374 g/mol. The number of anilines is 1. The van der Waals surface area contributed by atoms with Crippen molar-refractivity contribution in [3.8, 4) is 0 Å². The van der Waals surface area contributed by atoms with Crippen molar-refractivity contribution < 1.29 is 0 Å². The van der Waals surface area contributed by atoms with Crippen LogP contribution in [0.15, 0.2) is 27.1 Å². The summed E-state index contributed by atoms with van der Waals surface area (Å²) < 4.78 is 2.31. The maximum absolute atomic E-state index is 3.76. The van der Waals surface area contributed by atoms with E-state index in [1.54, 1.807) is 0 Å². The van der Waals surface area contributed by atoms with Crippen LogP contribution in [0.3, 0.4) is 0 Å². The van der Waals surface area contributed by atoms with Gasteiger partial charge in [0.25, 0.3) is 0 Å². The van der Waals surface area contributed by atoms with Crippen molar-refractivity contribution in [2.75, 3.05) is 18.0 Å². The Morgan fingerprint density at radius 2 is 1.94 bits per heavy atom. The third-order valence-electron chi connectivity index (χ3n) is 3.72. The van der Waals surface area contributed by atoms with E-state index < -0.39 is 0 Å². The second-order valence-corrected chi connectivity index (χ2v) is 7.09. The minimum atomic E-state index is 0.668. The summed E-state index contributed by atoms with van der Waals surface area (Å²) in [4.78, 5) is 2.50. The topological polar surface area (TPSA) is 15.3 Å². The normalized spacial score (nSPS) is 24.3. The molecule has 0 amide bonds. The molecular weight excluding hydrogens is 356 g/mol. The lowest BCUT2D eigenvalue weighted by Gasteiger charge is -2.35. The fourth-order valence-electron chi connectivity index (χ4n) is 2.65. The lowest BCUT2D eigenvalue weighted by Crippen LogP contribution is -2.46. The molecule has 4 heteroatoms. The van der Waals surface area contributed by atoms with Gasteiger partial charge < -0.3 is 10.2 Å². The summed E-state index contributed by atoms with van der Waals surface area (Å²) in [6.45, 7) is 2.31. The summed E-state index contributed by atoms with van der Waals surface area (Å²) in [6, 6.07) is 7.93. The monoisotopic (exact) mass is 372 g/mol. The first-order valence-corrected chi connectivity index (χ1v) is 8.27. The maximum Gasteiger partial charge on any atom is 0.0511 e. The van der Waals surface area contributed by atoms with E-state index in [0.717, 1.165) is 17.1 Å². The number of rotatable bonds is 3. The highest BCUT2D eigenvalue weighted by molar-refractivity contribution is 9.11. The molecule has 1 saturated carbocycles. The van der Waals surface area contributed by atoms with Gasteiger partial charge in [0, 0.05) is 34.1 Å². The zero-order chi connectivity index (χ0) is 12.5. The van der Waals surface area contributed by atoms with Crippen molar-refractivity contribution in [1.29, 1.82) is 0 Å². The van der Waals surface area contributed by atoms with Gasteiger partial charge in [-0.15, -0.1) is 0 Å². The quantitative estimate of drug-likeness (QED) is 0.863. The van der Waals surface area contributed by atoms with Crippen molar-refractivity contribution in [3.05, 3.63) is 27.1 Å². The van der Waals surface area contributed by atoms with Crippen LogP contribution in [0.4, 0.5) is 5.69 Å². The van der Waals surface area contributed by atoms with Crippen LogP contribution in [0.25, 0.3) is 0 Å². The minimum absolute atomic E-state index is 0.668. The van der Waals surface area contributed by atoms with Gasteiger partial charge in [0.15, 0.2) is 0 Å². The Bertz CT molecular complexity index is 432. The van der Waals surface area contributed by atoms with Crippen molar-refractivity contribution >= 4 is 37.5 Å². The van der Waals surface area contributed by atoms with Crippen LogP contribution >= 0.6 is 31.9 Å². The molecule has 1 aliphatic carbocycles. The number of nitrogens with one attached hydrogen (secondary N) is 1. The van der Waals surface area contributed by atoms with Crippen LogP contribution < -0.4 is 10.2 Å². The molecular formula is C14H18Br2N2. The molecule has 2 fully saturated rings. The Labute approximate surface area is 125 Å². The van der Waals surface area contributed by atoms with Gasteiger partial charge in [-0.2, -0.15) is 0 Å². The molecule has 1 heterocycles. The van der Waals surface area contributed by atoms with Crippen LogP contribution in [0.1, 0.15) is 25.7 Å². The van der Waals surface area contributed by atoms with E-state index in [1.165, 1.54) is 42.4 Å². The molecule has 1 saturated heterocycles. The minimum Gasteiger partial charge on any atom is -0.369 e. The predicted molar refractivity (Wildman–Crippen MR) is 83.2 cm³/mol. The van der Waals surface area contributed by atoms with Crippen molar-refractivity contribution in [3.63, 3.8) is 0 Å². The first-order chi connectivity index (χ1) is 8.72. The van der Waals surface area contributed by atoms with E-state index in [0.29, 0.717) is 6.04 Å². The van der Waals surface area contributed by atoms with Crippen LogP contribution in [0, 0.1) is 0 Å². The predicted octanol–water partition coefficient (Wildman–Crippen LogP) is 3.93. The van der Waals surface area contributed by atoms with Crippen LogP contribution in [-0.4, -0.2) is 25.2 Å². The molecule has 18 heavy (non-hydrogen) atoms. The summed E-state index contributed by atoms with van der Waals surface area (Å²) in [6.07, 6.45) is 5.35. The van der Waals surface area contributed by atoms with Gasteiger partial charge in [-0.25, -0.2) is 0 Å². The number of halogens is 2. The largest absolute Gasteiger partial charge is 0.369 e. The molecule has 98 valence electrons. The van der Waals surface area contributed by atoms with E-state index in [1.807, 2.05) is 0 Å². The smallest absolute Gasteiger partial charge is 0.0511 e. The molecule has 0 spiro atoms. The van der Waals surface area contributed by atoms with E-state index in [2.05, 4.69) is 60.3 Å². The first kappa shape index (κ1) is 12.9. The van der Waals surface area contributed by atoms with E-state index >= 15 is 0 Å². The highest BCUT2D eigenvalue weighted by Crippen LogP contribution is 2.31. The highest BCUT2D eigenvalue weighted by atomic mass is 79.9. The molecule has 1 unspecified atom stereocenters. The van der Waals surface area contributed by atoms with Crippen molar-refractivity contribution in [1.82, 2.24) is 5.32 Å². The van der Waals surface area contributed by atoms with Crippen molar-refractivity contribution in [2.24, 2.45) is 0 Å². The zero-order valence-corrected chi connectivity index (χ0v) is 13.5. The molecule has 1 aromatic rings. The second-order valence-electron chi connectivity index (χ2n) is 5.32. The van der Waals surface area contributed by atoms with Gasteiger partial charge in [0.1, 0.15) is 0 Å². The van der Waals surface area contributed by atoms with Gasteiger partial charge >= 0.3 is 0 Å². The van der Waals surface area contributed by atoms with Crippen LogP contribution in [-0.2, 0) is 0 Å². The fourth-order valence-corrected chi connectivity index (χ4v) is 3.95. The summed E-state index contributed by atoms with van der Waals surface area (Å²) in [5, 5.41) is 3.76. The number of nitrogens with zero attached hydrogens (tertiary/aromatic N) is 1. The Balaban J connectivity index is 1.70. The van der Waals surface area contributed by atoms with Crippen molar-refractivity contribution in [2.45, 2.75) is 37.8 Å². The number of benzene rings is 1. The summed E-state index contributed by atoms with van der Waals surface area (Å²) in [7, 11) is 0. The van der Waals surface area contributed by atoms with Crippen LogP contribution in [0.2, 0.25) is 0 Å². The average Bonchev–Trinajstić information content (AvgIpc) is 3.13. The Morgan fingerprint density at radius 3 is 2.67 bits per heavy atom. The lowest BCUT2D eigenvalue weighted by molar-refractivity contribution is 0.420. The molecule has 1 aliphatic heterocycles. The van der Waals surface area contributed by atoms with Gasteiger partial charge in [0.05, 0.1) is 5.69 Å². The number of hydrogen-bond donors (Lipinski definition) is 1. The van der Waals surface area contributed by atoms with E-state index in [9.17, 15) is 0 Å². The van der Waals surface area contributed by atoms with Gasteiger partial charge in [-0.05, 0) is 59.8 Å². The molecule has 1 atom stereocenters. The third-order valence-corrected chi connectivity index (χ3v) is 4.85. The molecule has 3 rings (SSSR count). The number of piperidine rings is 1. The second kappa shape index (κ2) is 5.51. The van der Waals surface area contributed by atoms with Crippen LogP contribution in [0.5, 0.6) is 0 Å². The summed E-state index contributed by atoms with van der Waals surface area (Å²) >= 11 is 7.19. The van der Waals surface area contributed by atoms with Gasteiger partial charge in [0.2, 0.25) is 0 Å². The molecule has 0 radical (unpaired) electrons. The van der Waals surface area contributed by atoms with Gasteiger partial charge in [-0.3, -0.25) is 0 Å². The molecule has 1 N–H and O–H groups in total. The lowest BCUT2D eigenvalue weighted by atomic mass is 10.0. The number of hydrogen-bond acceptors (Lipinski definition) is 2. The molecule has 2 nitrogen and oxygen atoms in total. The molecule has 1 aromatic carbocycles. The Kier molecular flexibility index (Phi) is 3.97. The summed E-state index contributed by atoms with van der Waals surface area (Å²) in [5.41, 5.74) is 1.32. The van der Waals surface area contributed by atoms with Gasteiger partial charge in [-0.1, -0.05) is 15.9 Å². The highest BCUT2D eigenvalue weighted by Gasteiger charge is 2.28.